The van der Waals surface area contributed by atoms with Crippen LogP contribution in [0.15, 0.2) is 33.8 Å². The van der Waals surface area contributed by atoms with Gasteiger partial charge in [0, 0.05) is 0 Å². The van der Waals surface area contributed by atoms with Crippen LogP contribution in [0.1, 0.15) is 11.8 Å². The Morgan fingerprint density at radius 1 is 0.882 bits per heavy atom. The predicted molar refractivity (Wildman–Crippen MR) is 67.4 cm³/mol. The Balaban J connectivity index is 2.21. The van der Waals surface area contributed by atoms with Crippen molar-refractivity contribution in [2.45, 2.75) is 7.33 Å². The molecule has 4 nitrogen and oxygen atoms in total. The molecule has 0 radical (unpaired) electrons. The second kappa shape index (κ2) is 4.90. The molecule has 0 fully saturated rings. The lowest BCUT2D eigenvalue weighted by Gasteiger charge is -2.22. The van der Waals surface area contributed by atoms with Gasteiger partial charge < -0.3 is 8.83 Å². The summed E-state index contributed by atoms with van der Waals surface area (Å²) in [5, 5.41) is 0. The molecular weight excluding hydrogens is 330 g/mol. The third kappa shape index (κ3) is 3.03. The first-order valence-electron chi connectivity index (χ1n) is 4.17. The first kappa shape index (κ1) is 13.4. The number of hydrogen-bond donors (Lipinski definition) is 0. The first-order valence-corrected chi connectivity index (χ1v) is 6.50. The van der Waals surface area contributed by atoms with Crippen LogP contribution in [-0.2, 0) is 7.33 Å². The third-order valence-electron chi connectivity index (χ3n) is 1.62. The summed E-state index contributed by atoms with van der Waals surface area (Å²) in [4.78, 5) is 7.67. The summed E-state index contributed by atoms with van der Waals surface area (Å²) in [6.45, 7) is 0. The number of rotatable bonds is 4. The number of halogens is 4. The number of oxazole rings is 2. The van der Waals surface area contributed by atoms with Gasteiger partial charge in [-0.1, -0.05) is 58.2 Å². The summed E-state index contributed by atoms with van der Waals surface area (Å²) in [5.41, 5.74) is 0. The van der Waals surface area contributed by atoms with E-state index in [-0.39, 0.29) is 11.8 Å². The van der Waals surface area contributed by atoms with Crippen LogP contribution in [0.5, 0.6) is 0 Å². The van der Waals surface area contributed by atoms with E-state index in [9.17, 15) is 0 Å². The number of hydrogen-bond acceptors (Lipinski definition) is 5. The Morgan fingerprint density at radius 3 is 1.59 bits per heavy atom. The molecule has 2 aromatic heterocycles. The van der Waals surface area contributed by atoms with Crippen molar-refractivity contribution in [3.8, 4) is 0 Å². The molecule has 0 aliphatic heterocycles. The van der Waals surface area contributed by atoms with Crippen LogP contribution in [0, 0.1) is 0 Å². The summed E-state index contributed by atoms with van der Waals surface area (Å²) in [5.74, 6) is 0.145. The topological polar surface area (TPSA) is 52.1 Å². The van der Waals surface area contributed by atoms with Gasteiger partial charge in [0.15, 0.2) is 0 Å². The van der Waals surface area contributed by atoms with Gasteiger partial charge in [0.05, 0.1) is 12.4 Å². The van der Waals surface area contributed by atoms with E-state index in [1.54, 1.807) is 0 Å². The van der Waals surface area contributed by atoms with E-state index in [1.807, 2.05) is 0 Å². The second-order valence-electron chi connectivity index (χ2n) is 2.81. The molecule has 0 aliphatic carbocycles. The van der Waals surface area contributed by atoms with Gasteiger partial charge in [0.1, 0.15) is 12.5 Å². The minimum Gasteiger partial charge on any atom is -0.445 e. The molecule has 0 bridgehead atoms. The van der Waals surface area contributed by atoms with Crippen LogP contribution >= 0.6 is 58.2 Å². The quantitative estimate of drug-likeness (QED) is 0.782. The van der Waals surface area contributed by atoms with Crippen molar-refractivity contribution in [1.82, 2.24) is 9.97 Å². The maximum atomic E-state index is 6.04. The molecule has 92 valence electrons. The fourth-order valence-electron chi connectivity index (χ4n) is 0.983. The fourth-order valence-corrected chi connectivity index (χ4v) is 3.92. The molecule has 0 aromatic carbocycles. The largest absolute Gasteiger partial charge is 0.445 e. The second-order valence-corrected chi connectivity index (χ2v) is 7.79. The van der Waals surface area contributed by atoms with E-state index in [1.165, 1.54) is 24.9 Å². The molecule has 9 heteroatoms. The van der Waals surface area contributed by atoms with Crippen molar-refractivity contribution < 1.29 is 8.83 Å². The average molecular weight is 334 g/mol. The van der Waals surface area contributed by atoms with Crippen LogP contribution in [0.2, 0.25) is 0 Å². The van der Waals surface area contributed by atoms with Gasteiger partial charge in [0.25, 0.3) is 0 Å². The molecular formula is C8H4Cl4N2O2S. The van der Waals surface area contributed by atoms with Crippen LogP contribution in [-0.4, -0.2) is 9.97 Å². The molecule has 2 rings (SSSR count). The number of aromatic nitrogens is 2. The van der Waals surface area contributed by atoms with Crippen molar-refractivity contribution in [3.05, 3.63) is 36.7 Å². The van der Waals surface area contributed by atoms with Crippen LogP contribution in [0.4, 0.5) is 0 Å². The minimum atomic E-state index is -1.55. The zero-order valence-electron chi connectivity index (χ0n) is 7.94. The Kier molecular flexibility index (Phi) is 3.85. The van der Waals surface area contributed by atoms with Gasteiger partial charge >= 0.3 is 0 Å². The van der Waals surface area contributed by atoms with Gasteiger partial charge in [-0.2, -0.15) is 0 Å². The zero-order valence-corrected chi connectivity index (χ0v) is 11.8. The summed E-state index contributed by atoms with van der Waals surface area (Å²) in [6, 6.07) is 0. The van der Waals surface area contributed by atoms with E-state index < -0.39 is 7.33 Å². The molecule has 0 spiro atoms. The number of thioether (sulfide) groups is 1. The van der Waals surface area contributed by atoms with Crippen molar-refractivity contribution in [2.24, 2.45) is 0 Å². The summed E-state index contributed by atoms with van der Waals surface area (Å²) in [6.07, 6.45) is 5.49. The minimum absolute atomic E-state index is 0.0723. The van der Waals surface area contributed by atoms with E-state index in [0.29, 0.717) is 0 Å². The van der Waals surface area contributed by atoms with E-state index in [4.69, 9.17) is 55.2 Å². The van der Waals surface area contributed by atoms with Crippen LogP contribution < -0.4 is 0 Å². The average Bonchev–Trinajstić information content (AvgIpc) is 2.91. The standard InChI is InChI=1S/C8H4Cl4N2O2S/c9-7(10,5-13-1-3-15-5)17-8(11,12)6-14-2-4-16-6/h1-4H. The maximum absolute atomic E-state index is 6.04. The zero-order chi connectivity index (χ0) is 12.5. The highest BCUT2D eigenvalue weighted by Crippen LogP contribution is 2.57. The third-order valence-corrected chi connectivity index (χ3v) is 4.05. The van der Waals surface area contributed by atoms with Crippen molar-refractivity contribution in [2.75, 3.05) is 0 Å². The fraction of sp³-hybridized carbons (Fsp3) is 0.250. The summed E-state index contributed by atoms with van der Waals surface area (Å²) in [7, 11) is 0. The van der Waals surface area contributed by atoms with Gasteiger partial charge in [-0.3, -0.25) is 0 Å². The highest BCUT2D eigenvalue weighted by Gasteiger charge is 2.45. The Morgan fingerprint density at radius 2 is 1.29 bits per heavy atom. The van der Waals surface area contributed by atoms with Gasteiger partial charge in [0.2, 0.25) is 19.1 Å². The lowest BCUT2D eigenvalue weighted by Crippen LogP contribution is -2.15. The molecule has 0 atom stereocenters. The number of alkyl halides is 4. The van der Waals surface area contributed by atoms with Crippen LogP contribution in [0.25, 0.3) is 0 Å². The van der Waals surface area contributed by atoms with Gasteiger partial charge in [-0.25, -0.2) is 9.97 Å². The smallest absolute Gasteiger partial charge is 0.242 e. The van der Waals surface area contributed by atoms with Gasteiger partial charge in [-0.15, -0.1) is 0 Å². The lowest BCUT2D eigenvalue weighted by molar-refractivity contribution is 0.498. The van der Waals surface area contributed by atoms with Crippen molar-refractivity contribution >= 4 is 58.2 Å². The van der Waals surface area contributed by atoms with Crippen LogP contribution in [0.3, 0.4) is 0 Å². The van der Waals surface area contributed by atoms with E-state index in [0.717, 1.165) is 11.8 Å². The molecule has 0 unspecified atom stereocenters. The molecule has 2 heterocycles. The molecule has 0 saturated carbocycles. The monoisotopic (exact) mass is 332 g/mol. The predicted octanol–water partition coefficient (Wildman–Crippen LogP) is 4.27. The summed E-state index contributed by atoms with van der Waals surface area (Å²) >= 11 is 24.9. The molecule has 2 aromatic rings. The Hall–Kier alpha value is -0.0700. The van der Waals surface area contributed by atoms with Gasteiger partial charge in [-0.05, 0) is 0 Å². The normalized spacial score (nSPS) is 12.9. The summed E-state index contributed by atoms with van der Waals surface area (Å²) < 4.78 is 6.89. The maximum Gasteiger partial charge on any atom is 0.242 e. The first-order chi connectivity index (χ1) is 7.92. The van der Waals surface area contributed by atoms with Crippen molar-refractivity contribution in [1.29, 1.82) is 0 Å². The molecule has 0 saturated heterocycles. The molecule has 0 aliphatic rings. The molecule has 0 N–H and O–H groups in total. The Bertz CT molecular complexity index is 427. The lowest BCUT2D eigenvalue weighted by atomic mass is 10.7. The molecule has 17 heavy (non-hydrogen) atoms. The number of nitrogens with zero attached hydrogens (tertiary/aromatic N) is 2. The van der Waals surface area contributed by atoms with E-state index >= 15 is 0 Å². The molecule has 0 amide bonds. The highest BCUT2D eigenvalue weighted by molar-refractivity contribution is 8.05. The Labute approximate surface area is 121 Å². The van der Waals surface area contributed by atoms with Crippen molar-refractivity contribution in [3.63, 3.8) is 0 Å². The highest BCUT2D eigenvalue weighted by atomic mass is 35.5. The van der Waals surface area contributed by atoms with E-state index in [2.05, 4.69) is 9.97 Å². The SMILES string of the molecule is ClC(Cl)(SC(Cl)(Cl)c1ncco1)c1ncco1.